The van der Waals surface area contributed by atoms with Crippen molar-refractivity contribution < 1.29 is 101 Å². The smallest absolute Gasteiger partial charge is 0.0877 e. The number of aliphatic hydroxyl groups is 4. The second-order valence-corrected chi connectivity index (χ2v) is 30.0. The van der Waals surface area contributed by atoms with Gasteiger partial charge in [-0.05, 0) is 145 Å². The molecular formula is C102H110Ir4N5O4-5. The fraction of sp³-hybridized carbons (Fsp3) is 0.265. The van der Waals surface area contributed by atoms with E-state index >= 15 is 0 Å². The van der Waals surface area contributed by atoms with Gasteiger partial charge in [0.25, 0.3) is 0 Å². The van der Waals surface area contributed by atoms with Crippen LogP contribution in [0.3, 0.4) is 0 Å². The van der Waals surface area contributed by atoms with Gasteiger partial charge in [-0.3, -0.25) is 19.9 Å². The molecule has 0 aliphatic rings. The van der Waals surface area contributed by atoms with Gasteiger partial charge in [-0.1, -0.05) is 227 Å². The minimum Gasteiger partial charge on any atom is -0.513 e. The van der Waals surface area contributed by atoms with Crippen LogP contribution in [0.25, 0.3) is 99.9 Å². The first-order valence-corrected chi connectivity index (χ1v) is 38.4. The molecule has 0 saturated heterocycles. The molecule has 608 valence electrons. The number of hydrogen-bond donors (Lipinski definition) is 4. The van der Waals surface area contributed by atoms with Crippen LogP contribution in [0.15, 0.2) is 236 Å². The zero-order valence-electron chi connectivity index (χ0n) is 70.2. The number of allylic oxidation sites excluding steroid dienone is 2. The Bertz CT molecular complexity index is 5230. The molecule has 14 aromatic rings. The summed E-state index contributed by atoms with van der Waals surface area (Å²) < 4.78 is 0. The molecule has 115 heavy (non-hydrogen) atoms. The Balaban J connectivity index is 0.000000290. The molecule has 0 amide bonds. The van der Waals surface area contributed by atoms with Gasteiger partial charge in [0, 0.05) is 108 Å². The molecule has 0 bridgehead atoms. The summed E-state index contributed by atoms with van der Waals surface area (Å²) in [5.41, 5.74) is 31.1. The number of aromatic nitrogens is 5. The van der Waals surface area contributed by atoms with E-state index in [1.165, 1.54) is 109 Å². The monoisotopic (exact) mass is 2240 g/mol. The van der Waals surface area contributed by atoms with E-state index in [1.54, 1.807) is 20.0 Å². The predicted molar refractivity (Wildman–Crippen MR) is 468 cm³/mol. The quantitative estimate of drug-likeness (QED) is 0.0734. The van der Waals surface area contributed by atoms with Gasteiger partial charge in [0.2, 0.25) is 0 Å². The summed E-state index contributed by atoms with van der Waals surface area (Å²) in [4.78, 5) is 23.6. The first-order valence-electron chi connectivity index (χ1n) is 38.4. The molecule has 0 saturated carbocycles. The molecule has 2 unspecified atom stereocenters. The third-order valence-electron chi connectivity index (χ3n) is 18.8. The number of pyridine rings is 5. The third-order valence-corrected chi connectivity index (χ3v) is 18.8. The van der Waals surface area contributed by atoms with E-state index in [0.717, 1.165) is 89.5 Å². The average Bonchev–Trinajstić information content (AvgIpc) is 0.809. The number of rotatable bonds is 11. The molecule has 9 aromatic carbocycles. The molecule has 0 spiro atoms. The SMILES string of the molecule is CC(O)=CC(C)O.CC(O)=CC(C)O.Cc1[c-]c(-c2ccc3c(C(C)C)cccc3n2)cc(C)c1.Cc1[c-]c(-c2ccc3c(C(C)C)cccc3n2)cc(C)c1.Cc1[c-]c(-c2ccc3c(C(C)C)cccc3n2)cc(C)c1C.Cc1c[c-]c(-c2ccc3c(C(C)C)cccc3n2)cc1C.[Ir].[Ir].[Ir].[Ir].[c-]1ccccc1-c1ccccn1. The van der Waals surface area contributed by atoms with Gasteiger partial charge < -0.3 is 25.4 Å². The largest absolute Gasteiger partial charge is 0.513 e. The molecule has 4 radical (unpaired) electrons. The Morgan fingerprint density at radius 1 is 0.339 bits per heavy atom. The van der Waals surface area contributed by atoms with Crippen LogP contribution in [-0.4, -0.2) is 57.6 Å². The van der Waals surface area contributed by atoms with Crippen LogP contribution in [0.4, 0.5) is 0 Å². The van der Waals surface area contributed by atoms with E-state index in [1.807, 2.05) is 48.5 Å². The van der Waals surface area contributed by atoms with Crippen molar-refractivity contribution in [2.24, 2.45) is 0 Å². The van der Waals surface area contributed by atoms with E-state index in [0.29, 0.717) is 23.7 Å². The first-order chi connectivity index (χ1) is 52.8. The van der Waals surface area contributed by atoms with Crippen LogP contribution in [0.5, 0.6) is 0 Å². The van der Waals surface area contributed by atoms with Gasteiger partial charge in [0.15, 0.2) is 0 Å². The average molecular weight is 2240 g/mol. The predicted octanol–water partition coefficient (Wildman–Crippen LogP) is 26.3. The molecule has 5 heterocycles. The van der Waals surface area contributed by atoms with E-state index < -0.39 is 12.2 Å². The molecular weight excluding hydrogens is 2130 g/mol. The maximum Gasteiger partial charge on any atom is 0.0877 e. The zero-order chi connectivity index (χ0) is 80.8. The van der Waals surface area contributed by atoms with Gasteiger partial charge in [-0.15, -0.1) is 175 Å². The van der Waals surface area contributed by atoms with Crippen molar-refractivity contribution in [1.29, 1.82) is 0 Å². The van der Waals surface area contributed by atoms with Crippen LogP contribution in [0.2, 0.25) is 0 Å². The number of fused-ring (bicyclic) bond motifs is 4. The molecule has 4 N–H and O–H groups in total. The van der Waals surface area contributed by atoms with Gasteiger partial charge in [-0.2, -0.15) is 0 Å². The van der Waals surface area contributed by atoms with Crippen LogP contribution in [0.1, 0.15) is 179 Å². The van der Waals surface area contributed by atoms with Crippen molar-refractivity contribution in [2.45, 2.75) is 181 Å². The summed E-state index contributed by atoms with van der Waals surface area (Å²) >= 11 is 0. The van der Waals surface area contributed by atoms with Gasteiger partial charge in [0.1, 0.15) is 0 Å². The normalized spacial score (nSPS) is 11.4. The van der Waals surface area contributed by atoms with Crippen LogP contribution < -0.4 is 0 Å². The van der Waals surface area contributed by atoms with E-state index in [4.69, 9.17) is 40.4 Å². The summed E-state index contributed by atoms with van der Waals surface area (Å²) in [5, 5.41) is 38.8. The number of aryl methyl sites for hydroxylation is 8. The Morgan fingerprint density at radius 2 is 0.696 bits per heavy atom. The Morgan fingerprint density at radius 3 is 0.991 bits per heavy atom. The van der Waals surface area contributed by atoms with Crippen LogP contribution in [-0.2, 0) is 80.4 Å². The molecule has 5 aromatic heterocycles. The van der Waals surface area contributed by atoms with Crippen LogP contribution in [0, 0.1) is 92.6 Å². The van der Waals surface area contributed by atoms with Crippen molar-refractivity contribution in [3.8, 4) is 56.3 Å². The molecule has 0 fully saturated rings. The fourth-order valence-corrected chi connectivity index (χ4v) is 13.1. The summed E-state index contributed by atoms with van der Waals surface area (Å²) in [6.45, 7) is 43.0. The summed E-state index contributed by atoms with van der Waals surface area (Å²) in [5.74, 6) is 2.36. The van der Waals surface area contributed by atoms with Crippen molar-refractivity contribution in [2.75, 3.05) is 0 Å². The van der Waals surface area contributed by atoms with Gasteiger partial charge in [0.05, 0.1) is 45.8 Å². The second-order valence-electron chi connectivity index (χ2n) is 30.0. The maximum absolute atomic E-state index is 8.49. The minimum absolute atomic E-state index is 0. The molecule has 13 heteroatoms. The summed E-state index contributed by atoms with van der Waals surface area (Å²) in [6.07, 6.45) is 3.44. The van der Waals surface area contributed by atoms with Gasteiger partial charge in [-0.25, -0.2) is 0 Å². The van der Waals surface area contributed by atoms with E-state index in [9.17, 15) is 0 Å². The topological polar surface area (TPSA) is 145 Å². The zero-order valence-corrected chi connectivity index (χ0v) is 79.8. The number of benzene rings is 9. The Kier molecular flexibility index (Phi) is 40.8. The molecule has 0 aliphatic carbocycles. The van der Waals surface area contributed by atoms with E-state index in [2.05, 4.69) is 311 Å². The second kappa shape index (κ2) is 47.5. The molecule has 9 nitrogen and oxygen atoms in total. The number of nitrogens with zero attached hydrogens (tertiary/aromatic N) is 5. The summed E-state index contributed by atoms with van der Waals surface area (Å²) in [7, 11) is 0. The molecule has 14 rings (SSSR count). The van der Waals surface area contributed by atoms with Crippen LogP contribution >= 0.6 is 0 Å². The van der Waals surface area contributed by atoms with Crippen molar-refractivity contribution >= 4 is 43.6 Å². The third kappa shape index (κ3) is 29.2. The summed E-state index contributed by atoms with van der Waals surface area (Å²) in [6, 6.07) is 88.1. The van der Waals surface area contributed by atoms with Crippen molar-refractivity contribution in [3.05, 3.63) is 339 Å². The fourth-order valence-electron chi connectivity index (χ4n) is 13.1. The number of aliphatic hydroxyl groups excluding tert-OH is 4. The van der Waals surface area contributed by atoms with Gasteiger partial charge >= 0.3 is 0 Å². The Labute approximate surface area is 739 Å². The van der Waals surface area contributed by atoms with E-state index in [-0.39, 0.29) is 91.9 Å². The Hall–Kier alpha value is -8.63. The standard InChI is InChI=1S/C21H22N.3C20H20N.C11H8N.2C5H10O2.4Ir/c1-13(2)18-7-6-8-21-19(18)9-10-20(22-21)17-11-14(3)16(5)15(4)12-17;2*1-13(2)17-6-5-7-20-18(17)8-9-19(21-20)16-11-14(3)10-15(4)12-16;1-13(2)17-6-5-7-20-18(17)10-11-19(21-20)16-9-8-14(3)15(4)12-16;1-2-6-10(7-3-1)11-8-4-5-9-12-11;2*1-4(6)3-5(2)7;;;;/h6-11,13H,1-5H3;2*5-11,13H,1-4H3;5-8,10-13H,1-4H3;1-6,8-9H;2*3-4,6-7H,1-2H3;;;;/q5*-1;;;;;;. The van der Waals surface area contributed by atoms with Crippen molar-refractivity contribution in [1.82, 2.24) is 24.9 Å². The maximum atomic E-state index is 8.49. The number of hydrogen-bond acceptors (Lipinski definition) is 9. The van der Waals surface area contributed by atoms with Crippen molar-refractivity contribution in [3.63, 3.8) is 0 Å². The first kappa shape index (κ1) is 98.7. The molecule has 2 atom stereocenters. The molecule has 0 aliphatic heterocycles. The minimum atomic E-state index is -0.537.